The lowest BCUT2D eigenvalue weighted by Crippen LogP contribution is -2.15. The van der Waals surface area contributed by atoms with Crippen LogP contribution >= 0.6 is 0 Å². The van der Waals surface area contributed by atoms with Crippen LogP contribution in [0.4, 0.5) is 0 Å². The second kappa shape index (κ2) is 4.38. The number of rotatable bonds is 3. The number of pyridine rings is 1. The first-order valence-corrected chi connectivity index (χ1v) is 4.84. The summed E-state index contributed by atoms with van der Waals surface area (Å²) in [6, 6.07) is 3.01. The predicted molar refractivity (Wildman–Crippen MR) is 56.3 cm³/mol. The van der Waals surface area contributed by atoms with E-state index in [0.717, 1.165) is 11.3 Å². The Morgan fingerprint density at radius 3 is 3.06 bits per heavy atom. The molecule has 0 fully saturated rings. The van der Waals surface area contributed by atoms with Gasteiger partial charge in [-0.1, -0.05) is 5.16 Å². The second-order valence-corrected chi connectivity index (χ2v) is 3.38. The molecule has 0 aliphatic carbocycles. The van der Waals surface area contributed by atoms with Gasteiger partial charge in [-0.05, 0) is 19.1 Å². The standard InChI is InChI=1S/C10H12N4O2/c1-6-7(3-2-4-12-6)10-13-9(14-16-10)8(11)5-15/h2-4,8,15H,5,11H2,1H3. The molecule has 0 radical (unpaired) electrons. The fraction of sp³-hybridized carbons (Fsp3) is 0.300. The highest BCUT2D eigenvalue weighted by atomic mass is 16.5. The Hall–Kier alpha value is -1.79. The van der Waals surface area contributed by atoms with E-state index in [-0.39, 0.29) is 6.61 Å². The largest absolute Gasteiger partial charge is 0.394 e. The molecule has 2 rings (SSSR count). The van der Waals surface area contributed by atoms with Gasteiger partial charge in [0, 0.05) is 11.9 Å². The summed E-state index contributed by atoms with van der Waals surface area (Å²) in [7, 11) is 0. The van der Waals surface area contributed by atoms with E-state index in [9.17, 15) is 0 Å². The lowest BCUT2D eigenvalue weighted by atomic mass is 10.2. The predicted octanol–water partition coefficient (Wildman–Crippen LogP) is 0.432. The highest BCUT2D eigenvalue weighted by Crippen LogP contribution is 2.20. The maximum Gasteiger partial charge on any atom is 0.259 e. The zero-order valence-electron chi connectivity index (χ0n) is 8.79. The molecule has 0 saturated carbocycles. The highest BCUT2D eigenvalue weighted by Gasteiger charge is 2.15. The zero-order valence-corrected chi connectivity index (χ0v) is 8.79. The van der Waals surface area contributed by atoms with Crippen molar-refractivity contribution in [2.75, 3.05) is 6.61 Å². The Balaban J connectivity index is 2.35. The summed E-state index contributed by atoms with van der Waals surface area (Å²) >= 11 is 0. The summed E-state index contributed by atoms with van der Waals surface area (Å²) in [6.45, 7) is 1.64. The van der Waals surface area contributed by atoms with Gasteiger partial charge in [0.1, 0.15) is 0 Å². The van der Waals surface area contributed by atoms with E-state index in [4.69, 9.17) is 15.4 Å². The fourth-order valence-corrected chi connectivity index (χ4v) is 1.29. The van der Waals surface area contributed by atoms with Gasteiger partial charge in [-0.25, -0.2) is 0 Å². The van der Waals surface area contributed by atoms with Crippen molar-refractivity contribution in [3.63, 3.8) is 0 Å². The first kappa shape index (κ1) is 10.7. The molecule has 16 heavy (non-hydrogen) atoms. The normalized spacial score (nSPS) is 12.7. The Morgan fingerprint density at radius 2 is 2.38 bits per heavy atom. The van der Waals surface area contributed by atoms with Gasteiger partial charge >= 0.3 is 0 Å². The van der Waals surface area contributed by atoms with Crippen molar-refractivity contribution in [2.24, 2.45) is 5.73 Å². The third-order valence-corrected chi connectivity index (χ3v) is 2.21. The monoisotopic (exact) mass is 220 g/mol. The zero-order chi connectivity index (χ0) is 11.5. The lowest BCUT2D eigenvalue weighted by molar-refractivity contribution is 0.260. The third kappa shape index (κ3) is 1.93. The molecule has 2 aromatic rings. The van der Waals surface area contributed by atoms with Gasteiger partial charge in [0.15, 0.2) is 5.82 Å². The Labute approximate surface area is 92.1 Å². The van der Waals surface area contributed by atoms with Crippen LogP contribution in [0, 0.1) is 6.92 Å². The van der Waals surface area contributed by atoms with Gasteiger partial charge in [-0.3, -0.25) is 4.98 Å². The van der Waals surface area contributed by atoms with Crippen LogP contribution in [0.3, 0.4) is 0 Å². The van der Waals surface area contributed by atoms with Crippen LogP contribution in [-0.2, 0) is 0 Å². The maximum atomic E-state index is 8.86. The molecule has 0 aliphatic rings. The average molecular weight is 220 g/mol. The van der Waals surface area contributed by atoms with Gasteiger partial charge in [-0.2, -0.15) is 4.98 Å². The number of hydrogen-bond acceptors (Lipinski definition) is 6. The average Bonchev–Trinajstić information content (AvgIpc) is 2.78. The van der Waals surface area contributed by atoms with Gasteiger partial charge < -0.3 is 15.4 Å². The number of nitrogens with two attached hydrogens (primary N) is 1. The first-order valence-electron chi connectivity index (χ1n) is 4.84. The molecule has 0 spiro atoms. The minimum atomic E-state index is -0.616. The molecular formula is C10H12N4O2. The molecule has 0 bridgehead atoms. The van der Waals surface area contributed by atoms with Crippen molar-refractivity contribution in [2.45, 2.75) is 13.0 Å². The molecule has 3 N–H and O–H groups in total. The summed E-state index contributed by atoms with van der Waals surface area (Å²) in [5.74, 6) is 0.658. The third-order valence-electron chi connectivity index (χ3n) is 2.21. The van der Waals surface area contributed by atoms with Crippen LogP contribution in [0.15, 0.2) is 22.9 Å². The summed E-state index contributed by atoms with van der Waals surface area (Å²) in [4.78, 5) is 8.23. The van der Waals surface area contributed by atoms with Gasteiger partial charge in [0.2, 0.25) is 0 Å². The molecule has 6 heteroatoms. The second-order valence-electron chi connectivity index (χ2n) is 3.38. The van der Waals surface area contributed by atoms with Gasteiger partial charge in [0.05, 0.1) is 18.2 Å². The summed E-state index contributed by atoms with van der Waals surface area (Å²) in [5, 5.41) is 12.6. The summed E-state index contributed by atoms with van der Waals surface area (Å²) in [5.41, 5.74) is 7.14. The van der Waals surface area contributed by atoms with E-state index in [1.807, 2.05) is 13.0 Å². The van der Waals surface area contributed by atoms with Crippen molar-refractivity contribution < 1.29 is 9.63 Å². The van der Waals surface area contributed by atoms with Crippen LogP contribution in [0.1, 0.15) is 17.6 Å². The van der Waals surface area contributed by atoms with E-state index in [2.05, 4.69) is 15.1 Å². The van der Waals surface area contributed by atoms with Crippen molar-refractivity contribution >= 4 is 0 Å². The SMILES string of the molecule is Cc1ncccc1-c1nc(C(N)CO)no1. The smallest absolute Gasteiger partial charge is 0.259 e. The molecule has 6 nitrogen and oxygen atoms in total. The van der Waals surface area contributed by atoms with Gasteiger partial charge in [-0.15, -0.1) is 0 Å². The van der Waals surface area contributed by atoms with Gasteiger partial charge in [0.25, 0.3) is 5.89 Å². The van der Waals surface area contributed by atoms with E-state index >= 15 is 0 Å². The molecule has 1 atom stereocenters. The minimum absolute atomic E-state index is 0.217. The summed E-state index contributed by atoms with van der Waals surface area (Å²) in [6.07, 6.45) is 1.69. The van der Waals surface area contributed by atoms with Crippen LogP contribution < -0.4 is 5.73 Å². The van der Waals surface area contributed by atoms with E-state index in [1.165, 1.54) is 0 Å². The highest BCUT2D eigenvalue weighted by molar-refractivity contribution is 5.55. The topological polar surface area (TPSA) is 98.1 Å². The summed E-state index contributed by atoms with van der Waals surface area (Å²) < 4.78 is 5.06. The van der Waals surface area contributed by atoms with Crippen molar-refractivity contribution in [3.8, 4) is 11.5 Å². The first-order chi connectivity index (χ1) is 7.72. The van der Waals surface area contributed by atoms with E-state index in [0.29, 0.717) is 11.7 Å². The minimum Gasteiger partial charge on any atom is -0.394 e. The molecule has 0 aliphatic heterocycles. The van der Waals surface area contributed by atoms with Crippen LogP contribution in [0.5, 0.6) is 0 Å². The number of aliphatic hydroxyl groups is 1. The Kier molecular flexibility index (Phi) is 2.93. The van der Waals surface area contributed by atoms with Crippen molar-refractivity contribution in [1.82, 2.24) is 15.1 Å². The Morgan fingerprint density at radius 1 is 1.56 bits per heavy atom. The van der Waals surface area contributed by atoms with E-state index < -0.39 is 6.04 Å². The van der Waals surface area contributed by atoms with Crippen LogP contribution in [0.25, 0.3) is 11.5 Å². The number of hydrogen-bond donors (Lipinski definition) is 2. The number of aliphatic hydroxyl groups excluding tert-OH is 1. The van der Waals surface area contributed by atoms with Crippen molar-refractivity contribution in [3.05, 3.63) is 29.8 Å². The molecule has 0 aromatic carbocycles. The van der Waals surface area contributed by atoms with Crippen molar-refractivity contribution in [1.29, 1.82) is 0 Å². The number of aromatic nitrogens is 3. The van der Waals surface area contributed by atoms with Crippen LogP contribution in [-0.4, -0.2) is 26.8 Å². The van der Waals surface area contributed by atoms with E-state index in [1.54, 1.807) is 12.3 Å². The molecule has 0 amide bonds. The lowest BCUT2D eigenvalue weighted by Gasteiger charge is -1.99. The quantitative estimate of drug-likeness (QED) is 0.778. The molecule has 1 unspecified atom stereocenters. The molecule has 2 aromatic heterocycles. The maximum absolute atomic E-state index is 8.86. The fourth-order valence-electron chi connectivity index (χ4n) is 1.29. The number of aryl methyl sites for hydroxylation is 1. The Bertz CT molecular complexity index is 483. The molecular weight excluding hydrogens is 208 g/mol. The number of nitrogens with zero attached hydrogens (tertiary/aromatic N) is 3. The molecule has 84 valence electrons. The van der Waals surface area contributed by atoms with Crippen LogP contribution in [0.2, 0.25) is 0 Å². The molecule has 2 heterocycles. The molecule has 0 saturated heterocycles.